The van der Waals surface area contributed by atoms with Crippen LogP contribution < -0.4 is 19.9 Å². The van der Waals surface area contributed by atoms with Crippen LogP contribution in [0, 0.1) is 0 Å². The average Bonchev–Trinajstić information content (AvgIpc) is 2.80. The van der Waals surface area contributed by atoms with E-state index >= 15 is 0 Å². The molecule has 0 unspecified atom stereocenters. The number of nitrogens with zero attached hydrogens (tertiary/aromatic N) is 5. The number of pyridine rings is 1. The number of anilines is 3. The summed E-state index contributed by atoms with van der Waals surface area (Å²) >= 11 is 0. The Bertz CT molecular complexity index is 1040. The highest BCUT2D eigenvalue weighted by Crippen LogP contribution is 2.23. The molecular formula is C21H19F3N6O2. The van der Waals surface area contributed by atoms with Crippen LogP contribution in [-0.4, -0.2) is 53.4 Å². The van der Waals surface area contributed by atoms with Gasteiger partial charge in [0.15, 0.2) is 0 Å². The highest BCUT2D eigenvalue weighted by molar-refractivity contribution is 6.04. The molecule has 3 aromatic rings. The van der Waals surface area contributed by atoms with Crippen LogP contribution in [0.25, 0.3) is 0 Å². The van der Waals surface area contributed by atoms with Crippen LogP contribution in [0.1, 0.15) is 10.4 Å². The zero-order valence-corrected chi connectivity index (χ0v) is 16.8. The van der Waals surface area contributed by atoms with Crippen LogP contribution in [0.4, 0.5) is 30.6 Å². The first kappa shape index (κ1) is 21.3. The maximum Gasteiger partial charge on any atom is 0.573 e. The van der Waals surface area contributed by atoms with Gasteiger partial charge < -0.3 is 19.9 Å². The summed E-state index contributed by atoms with van der Waals surface area (Å²) < 4.78 is 40.5. The van der Waals surface area contributed by atoms with Crippen molar-refractivity contribution in [3.8, 4) is 5.75 Å². The van der Waals surface area contributed by atoms with Crippen LogP contribution in [0.2, 0.25) is 0 Å². The summed E-state index contributed by atoms with van der Waals surface area (Å²) in [6.07, 6.45) is -0.0323. The zero-order valence-electron chi connectivity index (χ0n) is 16.8. The molecule has 2 aromatic heterocycles. The van der Waals surface area contributed by atoms with Crippen LogP contribution in [-0.2, 0) is 0 Å². The first-order valence-electron chi connectivity index (χ1n) is 9.77. The van der Waals surface area contributed by atoms with E-state index in [4.69, 9.17) is 0 Å². The first-order valence-corrected chi connectivity index (χ1v) is 9.77. The van der Waals surface area contributed by atoms with E-state index in [1.165, 1.54) is 24.5 Å². The summed E-state index contributed by atoms with van der Waals surface area (Å²) in [5, 5.41) is 2.62. The maximum atomic E-state index is 12.3. The fraction of sp³-hybridized carbons (Fsp3) is 0.238. The van der Waals surface area contributed by atoms with E-state index in [1.807, 2.05) is 23.1 Å². The van der Waals surface area contributed by atoms with Gasteiger partial charge in [-0.05, 0) is 36.4 Å². The predicted octanol–water partition coefficient (Wildman–Crippen LogP) is 3.35. The standard InChI is InChI=1S/C21H19F3N6O2/c22-21(23,24)32-17-6-4-15(5-7-17)19(31)28-16-13-26-20(27-14-16)30-11-9-29(10-12-30)18-3-1-2-8-25-18/h1-8,13-14H,9-12H2,(H,28,31). The van der Waals surface area contributed by atoms with E-state index < -0.39 is 18.0 Å². The Morgan fingerprint density at radius 1 is 0.906 bits per heavy atom. The van der Waals surface area contributed by atoms with Crippen LogP contribution in [0.15, 0.2) is 61.1 Å². The summed E-state index contributed by atoms with van der Waals surface area (Å²) in [6.45, 7) is 3.03. The summed E-state index contributed by atoms with van der Waals surface area (Å²) in [5.41, 5.74) is 0.552. The van der Waals surface area contributed by atoms with Crippen molar-refractivity contribution in [3.05, 3.63) is 66.6 Å². The number of benzene rings is 1. The molecule has 3 heterocycles. The normalized spacial score (nSPS) is 14.2. The van der Waals surface area contributed by atoms with Gasteiger partial charge in [0.05, 0.1) is 18.1 Å². The molecule has 32 heavy (non-hydrogen) atoms. The molecule has 0 bridgehead atoms. The van der Waals surface area contributed by atoms with Crippen molar-refractivity contribution in [2.24, 2.45) is 0 Å². The quantitative estimate of drug-likeness (QED) is 0.646. The summed E-state index contributed by atoms with van der Waals surface area (Å²) in [4.78, 5) is 29.6. The van der Waals surface area contributed by atoms with Crippen LogP contribution in [0.5, 0.6) is 5.75 Å². The molecule has 1 aliphatic rings. The number of alkyl halides is 3. The Balaban J connectivity index is 1.31. The molecule has 11 heteroatoms. The number of carbonyl (C=O) groups is 1. The third-order valence-corrected chi connectivity index (χ3v) is 4.78. The maximum absolute atomic E-state index is 12.3. The van der Waals surface area contributed by atoms with Crippen molar-refractivity contribution < 1.29 is 22.7 Å². The number of nitrogens with one attached hydrogen (secondary N) is 1. The molecule has 0 saturated carbocycles. The largest absolute Gasteiger partial charge is 0.573 e. The Morgan fingerprint density at radius 2 is 1.56 bits per heavy atom. The molecule has 1 N–H and O–H groups in total. The van der Waals surface area contributed by atoms with Gasteiger partial charge in [-0.15, -0.1) is 13.2 Å². The first-order chi connectivity index (χ1) is 15.4. The van der Waals surface area contributed by atoms with Crippen molar-refractivity contribution in [3.63, 3.8) is 0 Å². The molecule has 0 radical (unpaired) electrons. The molecule has 1 aliphatic heterocycles. The number of rotatable bonds is 5. The van der Waals surface area contributed by atoms with E-state index in [9.17, 15) is 18.0 Å². The molecule has 4 rings (SSSR count). The van der Waals surface area contributed by atoms with Gasteiger partial charge in [0.1, 0.15) is 11.6 Å². The van der Waals surface area contributed by atoms with Gasteiger partial charge in [-0.1, -0.05) is 6.07 Å². The molecule has 1 aromatic carbocycles. The van der Waals surface area contributed by atoms with Crippen LogP contribution >= 0.6 is 0 Å². The fourth-order valence-corrected chi connectivity index (χ4v) is 3.24. The van der Waals surface area contributed by atoms with E-state index in [2.05, 4.69) is 29.9 Å². The minimum Gasteiger partial charge on any atom is -0.406 e. The minimum atomic E-state index is -4.78. The Hall–Kier alpha value is -3.89. The Morgan fingerprint density at radius 3 is 2.16 bits per heavy atom. The van der Waals surface area contributed by atoms with Crippen molar-refractivity contribution in [2.75, 3.05) is 41.3 Å². The summed E-state index contributed by atoms with van der Waals surface area (Å²) in [7, 11) is 0. The molecule has 8 nitrogen and oxygen atoms in total. The second kappa shape index (κ2) is 9.08. The number of hydrogen-bond donors (Lipinski definition) is 1. The highest BCUT2D eigenvalue weighted by atomic mass is 19.4. The lowest BCUT2D eigenvalue weighted by atomic mass is 10.2. The SMILES string of the molecule is O=C(Nc1cnc(N2CCN(c3ccccn3)CC2)nc1)c1ccc(OC(F)(F)F)cc1. The van der Waals surface area contributed by atoms with E-state index in [0.717, 1.165) is 44.1 Å². The van der Waals surface area contributed by atoms with Crippen molar-refractivity contribution in [1.29, 1.82) is 0 Å². The second-order valence-corrected chi connectivity index (χ2v) is 6.96. The minimum absolute atomic E-state index is 0.175. The summed E-state index contributed by atoms with van der Waals surface area (Å²) in [6, 6.07) is 10.4. The van der Waals surface area contributed by atoms with Gasteiger partial charge in [-0.2, -0.15) is 0 Å². The smallest absolute Gasteiger partial charge is 0.406 e. The monoisotopic (exact) mass is 444 g/mol. The van der Waals surface area contributed by atoms with Gasteiger partial charge in [-0.3, -0.25) is 4.79 Å². The van der Waals surface area contributed by atoms with Gasteiger partial charge >= 0.3 is 6.36 Å². The Labute approximate surface area is 181 Å². The molecule has 0 spiro atoms. The van der Waals surface area contributed by atoms with E-state index in [-0.39, 0.29) is 5.56 Å². The van der Waals surface area contributed by atoms with E-state index in [1.54, 1.807) is 6.20 Å². The molecule has 0 aliphatic carbocycles. The van der Waals surface area contributed by atoms with Gasteiger partial charge in [0, 0.05) is 37.9 Å². The molecule has 1 amide bonds. The number of piperazine rings is 1. The van der Waals surface area contributed by atoms with Crippen LogP contribution in [0.3, 0.4) is 0 Å². The van der Waals surface area contributed by atoms with Crippen molar-refractivity contribution >= 4 is 23.4 Å². The number of hydrogen-bond acceptors (Lipinski definition) is 7. The number of halogens is 3. The molecule has 1 fully saturated rings. The lowest BCUT2D eigenvalue weighted by Gasteiger charge is -2.35. The Kier molecular flexibility index (Phi) is 6.06. The lowest BCUT2D eigenvalue weighted by Crippen LogP contribution is -2.47. The second-order valence-electron chi connectivity index (χ2n) is 6.96. The fourth-order valence-electron chi connectivity index (χ4n) is 3.24. The lowest BCUT2D eigenvalue weighted by molar-refractivity contribution is -0.274. The molecule has 0 atom stereocenters. The number of aromatic nitrogens is 3. The van der Waals surface area contributed by atoms with Gasteiger partial charge in [-0.25, -0.2) is 15.0 Å². The average molecular weight is 444 g/mol. The number of carbonyl (C=O) groups excluding carboxylic acids is 1. The topological polar surface area (TPSA) is 83.5 Å². The number of ether oxygens (including phenoxy) is 1. The zero-order chi connectivity index (χ0) is 22.6. The van der Waals surface area contributed by atoms with Gasteiger partial charge in [0.25, 0.3) is 5.91 Å². The molecular weight excluding hydrogens is 425 g/mol. The van der Waals surface area contributed by atoms with E-state index in [0.29, 0.717) is 11.6 Å². The van der Waals surface area contributed by atoms with Crippen molar-refractivity contribution in [1.82, 2.24) is 15.0 Å². The molecule has 166 valence electrons. The third-order valence-electron chi connectivity index (χ3n) is 4.78. The van der Waals surface area contributed by atoms with Crippen molar-refractivity contribution in [2.45, 2.75) is 6.36 Å². The predicted molar refractivity (Wildman–Crippen MR) is 112 cm³/mol. The third kappa shape index (κ3) is 5.42. The van der Waals surface area contributed by atoms with Gasteiger partial charge in [0.2, 0.25) is 5.95 Å². The number of amides is 1. The highest BCUT2D eigenvalue weighted by Gasteiger charge is 2.31. The molecule has 1 saturated heterocycles. The summed E-state index contributed by atoms with van der Waals surface area (Å²) in [5.74, 6) is 0.593.